The third-order valence-corrected chi connectivity index (χ3v) is 6.37. The lowest BCUT2D eigenvalue weighted by molar-refractivity contribution is 0.287. The fraction of sp³-hybridized carbons (Fsp3) is 0.533. The first kappa shape index (κ1) is 14.1. The maximum absolute atomic E-state index is 11.0. The van der Waals surface area contributed by atoms with Crippen LogP contribution in [0, 0.1) is 16.2 Å². The first-order valence-corrected chi connectivity index (χ1v) is 7.10. The highest BCUT2D eigenvalue weighted by atomic mass is 32.2. The molecule has 0 heterocycles. The predicted octanol–water partition coefficient (Wildman–Crippen LogP) is 4.32. The van der Waals surface area contributed by atoms with Gasteiger partial charge in [0.1, 0.15) is 0 Å². The first-order valence-electron chi connectivity index (χ1n) is 6.33. The highest BCUT2D eigenvalue weighted by Crippen LogP contribution is 2.64. The number of hydrogen-bond acceptors (Lipinski definition) is 4. The van der Waals surface area contributed by atoms with Gasteiger partial charge in [-0.3, -0.25) is 0 Å². The van der Waals surface area contributed by atoms with E-state index in [1.807, 2.05) is 12.1 Å². The summed E-state index contributed by atoms with van der Waals surface area (Å²) in [4.78, 5) is 11.0. The molecule has 0 N–H and O–H groups in total. The number of hydrogen-bond donors (Lipinski definition) is 0. The van der Waals surface area contributed by atoms with E-state index in [4.69, 9.17) is 0 Å². The van der Waals surface area contributed by atoms with Gasteiger partial charge >= 0.3 is 0 Å². The average Bonchev–Trinajstić information content (AvgIpc) is 2.49. The fourth-order valence-corrected chi connectivity index (χ4v) is 4.60. The van der Waals surface area contributed by atoms with Crippen LogP contribution in [0.2, 0.25) is 0 Å². The molecule has 0 aromatic heterocycles. The highest BCUT2D eigenvalue weighted by molar-refractivity contribution is 7.99. The second-order valence-corrected chi connectivity index (χ2v) is 7.15. The molecule has 0 unspecified atom stereocenters. The van der Waals surface area contributed by atoms with E-state index in [2.05, 4.69) is 50.5 Å². The number of nitroso groups, excluding NO2 is 1. The van der Waals surface area contributed by atoms with Gasteiger partial charge in [0.2, 0.25) is 0 Å². The molecule has 0 atom stereocenters. The quantitative estimate of drug-likeness (QED) is 0.609. The van der Waals surface area contributed by atoms with Crippen molar-refractivity contribution in [1.82, 2.24) is 0 Å². The summed E-state index contributed by atoms with van der Waals surface area (Å²) in [5, 5.41) is 9.25. The van der Waals surface area contributed by atoms with Crippen LogP contribution in [-0.2, 0) is 10.8 Å². The van der Waals surface area contributed by atoms with E-state index in [-0.39, 0.29) is 10.8 Å². The third-order valence-electron chi connectivity index (χ3n) is 4.81. The Morgan fingerprint density at radius 2 is 1.63 bits per heavy atom. The SMILES string of the molecule is CC1(C)c2ccccc2C(C)(C)C1(CC#N)SN=O. The summed E-state index contributed by atoms with van der Waals surface area (Å²) in [6.07, 6.45) is 0.304. The normalized spacial score (nSPS) is 21.4. The van der Waals surface area contributed by atoms with E-state index in [0.29, 0.717) is 6.42 Å². The molecule has 0 fully saturated rings. The van der Waals surface area contributed by atoms with Crippen molar-refractivity contribution in [2.75, 3.05) is 0 Å². The monoisotopic (exact) mass is 274 g/mol. The van der Waals surface area contributed by atoms with Crippen molar-refractivity contribution < 1.29 is 0 Å². The molecular weight excluding hydrogens is 256 g/mol. The molecule has 100 valence electrons. The standard InChI is InChI=1S/C15H18N2OS/c1-13(2)11-7-5-6-8-12(11)14(3,4)15(13,9-10-16)19-17-18/h5-8H,9H2,1-4H3. The maximum Gasteiger partial charge on any atom is 0.0723 e. The van der Waals surface area contributed by atoms with Crippen LogP contribution in [0.3, 0.4) is 0 Å². The molecule has 19 heavy (non-hydrogen) atoms. The molecule has 1 aromatic carbocycles. The molecule has 0 aliphatic heterocycles. The summed E-state index contributed by atoms with van der Waals surface area (Å²) >= 11 is 1.03. The number of rotatable bonds is 3. The minimum absolute atomic E-state index is 0.276. The Bertz CT molecular complexity index is 523. The molecule has 0 bridgehead atoms. The second-order valence-electron chi connectivity index (χ2n) is 6.12. The number of nitrogens with zero attached hydrogens (tertiary/aromatic N) is 2. The summed E-state index contributed by atoms with van der Waals surface area (Å²) in [5.41, 5.74) is 1.88. The van der Waals surface area contributed by atoms with Gasteiger partial charge in [-0.2, -0.15) is 5.26 Å². The zero-order chi connectivity index (χ0) is 14.3. The highest BCUT2D eigenvalue weighted by Gasteiger charge is 2.63. The average molecular weight is 274 g/mol. The Labute approximate surface area is 118 Å². The molecule has 0 saturated heterocycles. The van der Waals surface area contributed by atoms with Crippen LogP contribution in [0.15, 0.2) is 28.8 Å². The van der Waals surface area contributed by atoms with Crippen molar-refractivity contribution in [2.45, 2.75) is 49.7 Å². The molecule has 4 heteroatoms. The summed E-state index contributed by atoms with van der Waals surface area (Å²) in [6.45, 7) is 8.43. The van der Waals surface area contributed by atoms with Gasteiger partial charge in [0.25, 0.3) is 0 Å². The molecule has 3 nitrogen and oxygen atoms in total. The molecule has 0 radical (unpaired) electrons. The lowest BCUT2D eigenvalue weighted by atomic mass is 9.67. The van der Waals surface area contributed by atoms with Gasteiger partial charge in [-0.25, -0.2) is 0 Å². The van der Waals surface area contributed by atoms with Gasteiger partial charge in [-0.05, 0) is 11.1 Å². The Morgan fingerprint density at radius 1 is 1.16 bits per heavy atom. The minimum atomic E-state index is -0.528. The number of fused-ring (bicyclic) bond motifs is 1. The van der Waals surface area contributed by atoms with Gasteiger partial charge < -0.3 is 0 Å². The van der Waals surface area contributed by atoms with Gasteiger partial charge in [-0.1, -0.05) is 52.0 Å². The van der Waals surface area contributed by atoms with Crippen LogP contribution in [0.25, 0.3) is 0 Å². The molecule has 0 saturated carbocycles. The van der Waals surface area contributed by atoms with Crippen molar-refractivity contribution in [3.8, 4) is 6.07 Å². The molecule has 1 aliphatic carbocycles. The summed E-state index contributed by atoms with van der Waals surface area (Å²) < 4.78 is 2.57. The zero-order valence-corrected chi connectivity index (χ0v) is 12.5. The van der Waals surface area contributed by atoms with Crippen molar-refractivity contribution in [3.05, 3.63) is 40.3 Å². The van der Waals surface area contributed by atoms with Crippen molar-refractivity contribution in [1.29, 1.82) is 5.26 Å². The lowest BCUT2D eigenvalue weighted by Gasteiger charge is -2.45. The van der Waals surface area contributed by atoms with Crippen molar-refractivity contribution >= 4 is 11.9 Å². The smallest absolute Gasteiger partial charge is 0.0723 e. The summed E-state index contributed by atoms with van der Waals surface area (Å²) in [7, 11) is 0. The number of benzene rings is 1. The Balaban J connectivity index is 2.76. The molecule has 0 amide bonds. The van der Waals surface area contributed by atoms with Crippen LogP contribution in [0.5, 0.6) is 0 Å². The minimum Gasteiger partial charge on any atom is -0.198 e. The van der Waals surface area contributed by atoms with Gasteiger partial charge in [-0.15, -0.1) is 4.91 Å². The van der Waals surface area contributed by atoms with Crippen molar-refractivity contribution in [2.24, 2.45) is 4.58 Å². The van der Waals surface area contributed by atoms with Gasteiger partial charge in [0.05, 0.1) is 17.2 Å². The van der Waals surface area contributed by atoms with Crippen LogP contribution < -0.4 is 0 Å². The molecule has 0 spiro atoms. The van der Waals surface area contributed by atoms with Crippen LogP contribution in [0.4, 0.5) is 0 Å². The van der Waals surface area contributed by atoms with E-state index < -0.39 is 4.75 Å². The van der Waals surface area contributed by atoms with E-state index in [0.717, 1.165) is 11.9 Å². The zero-order valence-electron chi connectivity index (χ0n) is 11.7. The first-order chi connectivity index (χ1) is 8.85. The molecule has 2 rings (SSSR count). The van der Waals surface area contributed by atoms with Crippen LogP contribution in [0.1, 0.15) is 45.2 Å². The van der Waals surface area contributed by atoms with Crippen LogP contribution in [-0.4, -0.2) is 4.75 Å². The molecule has 1 aromatic rings. The van der Waals surface area contributed by atoms with Gasteiger partial charge in [0, 0.05) is 27.4 Å². The van der Waals surface area contributed by atoms with E-state index in [1.54, 1.807) is 0 Å². The van der Waals surface area contributed by atoms with Gasteiger partial charge in [0.15, 0.2) is 0 Å². The summed E-state index contributed by atoms with van der Waals surface area (Å²) in [6, 6.07) is 10.5. The summed E-state index contributed by atoms with van der Waals surface area (Å²) in [5.74, 6) is 0. The largest absolute Gasteiger partial charge is 0.198 e. The Morgan fingerprint density at radius 3 is 2.00 bits per heavy atom. The second kappa shape index (κ2) is 4.35. The number of nitriles is 1. The van der Waals surface area contributed by atoms with Crippen molar-refractivity contribution in [3.63, 3.8) is 0 Å². The maximum atomic E-state index is 11.0. The van der Waals surface area contributed by atoms with Crippen LogP contribution >= 0.6 is 11.9 Å². The van der Waals surface area contributed by atoms with E-state index in [1.165, 1.54) is 11.1 Å². The Kier molecular flexibility index (Phi) is 3.22. The third kappa shape index (κ3) is 1.58. The Hall–Kier alpha value is -1.34. The lowest BCUT2D eigenvalue weighted by Crippen LogP contribution is -2.51. The van der Waals surface area contributed by atoms with E-state index in [9.17, 15) is 10.2 Å². The molecule has 1 aliphatic rings. The fourth-order valence-electron chi connectivity index (χ4n) is 3.67. The van der Waals surface area contributed by atoms with E-state index >= 15 is 0 Å². The molecular formula is C15H18N2OS. The topological polar surface area (TPSA) is 53.2 Å². The predicted molar refractivity (Wildman–Crippen MR) is 78.8 cm³/mol.